The summed E-state index contributed by atoms with van der Waals surface area (Å²) in [5.41, 5.74) is 2.43. The Morgan fingerprint density at radius 3 is 1.35 bits per heavy atom. The van der Waals surface area contributed by atoms with Crippen LogP contribution in [0.2, 0.25) is 0 Å². The molecule has 0 spiro atoms. The summed E-state index contributed by atoms with van der Waals surface area (Å²) in [4.78, 5) is -0.992. The van der Waals surface area contributed by atoms with Crippen molar-refractivity contribution in [3.05, 3.63) is 96.1 Å². The Labute approximate surface area is 357 Å². The maximum Gasteiger partial charge on any atom is 2.00 e. The van der Waals surface area contributed by atoms with E-state index >= 15 is 0 Å². The molecule has 0 unspecified atom stereocenters. The summed E-state index contributed by atoms with van der Waals surface area (Å²) in [6.45, 7) is 4.44. The van der Waals surface area contributed by atoms with Gasteiger partial charge in [-0.15, -0.1) is 5.75 Å². The van der Waals surface area contributed by atoms with Crippen molar-refractivity contribution in [1.29, 1.82) is 0 Å². The van der Waals surface area contributed by atoms with Crippen LogP contribution in [0.3, 0.4) is 0 Å². The van der Waals surface area contributed by atoms with E-state index in [1.807, 2.05) is 36.4 Å². The van der Waals surface area contributed by atoms with E-state index in [2.05, 4.69) is 13.8 Å². The molecule has 55 heavy (non-hydrogen) atoms. The maximum absolute atomic E-state index is 11.5. The molecule has 0 amide bonds. The van der Waals surface area contributed by atoms with Crippen molar-refractivity contribution in [2.24, 2.45) is 0 Å². The minimum absolute atomic E-state index is 0. The summed E-state index contributed by atoms with van der Waals surface area (Å²) < 4.78 is 75.9. The minimum atomic E-state index is -4.70. The third-order valence-corrected chi connectivity index (χ3v) is 10.4. The molecule has 4 aromatic rings. The summed E-state index contributed by atoms with van der Waals surface area (Å²) >= 11 is 0. The smallest absolute Gasteiger partial charge is 0.872 e. The van der Waals surface area contributed by atoms with Crippen molar-refractivity contribution < 1.29 is 45.6 Å². The fraction of sp³-hybridized carbons (Fsp3) is 0.429. The van der Waals surface area contributed by atoms with Gasteiger partial charge in [0.15, 0.2) is 0 Å². The van der Waals surface area contributed by atoms with Gasteiger partial charge in [-0.1, -0.05) is 121 Å². The Morgan fingerprint density at radius 1 is 0.527 bits per heavy atom. The molecule has 0 radical (unpaired) electrons. The molecule has 0 saturated heterocycles. The third-order valence-electron chi connectivity index (χ3n) is 8.76. The normalized spacial score (nSPS) is 11.3. The van der Waals surface area contributed by atoms with Crippen molar-refractivity contribution in [3.8, 4) is 34.5 Å². The Balaban J connectivity index is 0.000000373. The van der Waals surface area contributed by atoms with Crippen LogP contribution in [0.4, 0.5) is 0 Å². The van der Waals surface area contributed by atoms with Gasteiger partial charge in [0.05, 0.1) is 4.90 Å². The number of hydrogen-bond donors (Lipinski definition) is 2. The number of rotatable bonds is 22. The van der Waals surface area contributed by atoms with E-state index < -0.39 is 35.8 Å². The molecular weight excluding hydrogens is 769 g/mol. The first-order chi connectivity index (χ1) is 25.8. The Bertz CT molecular complexity index is 1770. The quantitative estimate of drug-likeness (QED) is 0.0441. The van der Waals surface area contributed by atoms with E-state index in [-0.39, 0.29) is 55.0 Å². The average Bonchev–Trinajstić information content (AvgIpc) is 3.11. The zero-order chi connectivity index (χ0) is 39.4. The molecule has 4 aromatic carbocycles. The van der Waals surface area contributed by atoms with E-state index in [0.717, 1.165) is 49.9 Å². The van der Waals surface area contributed by atoms with Gasteiger partial charge in [0.2, 0.25) is 0 Å². The average molecular weight is 823 g/mol. The van der Waals surface area contributed by atoms with Crippen LogP contribution >= 0.6 is 0 Å². The molecule has 10 nitrogen and oxygen atoms in total. The van der Waals surface area contributed by atoms with Crippen LogP contribution in [0.5, 0.6) is 34.5 Å². The van der Waals surface area contributed by atoms with Crippen LogP contribution < -0.4 is 14.6 Å². The molecule has 0 saturated carbocycles. The number of aromatic hydroxyl groups is 1. The molecule has 0 fully saturated rings. The predicted molar refractivity (Wildman–Crippen MR) is 214 cm³/mol. The Kier molecular flexibility index (Phi) is 22.3. The largest absolute Gasteiger partial charge is 2.00 e. The second-order valence-corrected chi connectivity index (χ2v) is 16.3. The number of phenols is 1. The standard InChI is InChI=1S/2C21H28O5S.Ca/c2*1-2-3-4-5-6-7-8-9-17-10-12-19(13-11-17)26-20-14-18(22)15-21(16-20)27(23,24)25;/h2*10-16,22H,2-9H2,1H3,(H,23,24,25);/q;;+2/p-2. The summed E-state index contributed by atoms with van der Waals surface area (Å²) in [6.07, 6.45) is 19.8. The first-order valence-corrected chi connectivity index (χ1v) is 21.7. The monoisotopic (exact) mass is 822 g/mol. The van der Waals surface area contributed by atoms with Gasteiger partial charge in [0.1, 0.15) is 43.8 Å². The van der Waals surface area contributed by atoms with E-state index in [1.165, 1.54) is 100 Å². The van der Waals surface area contributed by atoms with Crippen LogP contribution in [0.15, 0.2) is 94.7 Å². The van der Waals surface area contributed by atoms with Crippen LogP contribution in [0.1, 0.15) is 115 Å². The number of phenolic OH excluding ortho intramolecular Hbond substituents is 1. The molecule has 0 aliphatic rings. The summed E-state index contributed by atoms with van der Waals surface area (Å²) in [5.74, 6) is 0.315. The van der Waals surface area contributed by atoms with Gasteiger partial charge in [0, 0.05) is 18.2 Å². The summed E-state index contributed by atoms with van der Waals surface area (Å²) in [6, 6.07) is 21.5. The van der Waals surface area contributed by atoms with Gasteiger partial charge in [0.25, 0.3) is 10.1 Å². The van der Waals surface area contributed by atoms with Crippen molar-refractivity contribution in [3.63, 3.8) is 0 Å². The first-order valence-electron chi connectivity index (χ1n) is 18.9. The number of hydrogen-bond acceptors (Lipinski definition) is 9. The van der Waals surface area contributed by atoms with Gasteiger partial charge in [-0.3, -0.25) is 4.55 Å². The second-order valence-electron chi connectivity index (χ2n) is 13.5. The third kappa shape index (κ3) is 19.7. The minimum Gasteiger partial charge on any atom is -0.872 e. The van der Waals surface area contributed by atoms with E-state index in [0.29, 0.717) is 11.5 Å². The fourth-order valence-electron chi connectivity index (χ4n) is 5.81. The molecule has 296 valence electrons. The van der Waals surface area contributed by atoms with Crippen molar-refractivity contribution in [2.45, 2.75) is 126 Å². The van der Waals surface area contributed by atoms with Gasteiger partial charge < -0.3 is 24.2 Å². The SMILES string of the molecule is CCCCCCCCCc1ccc(Oc2cc(O)cc(S(=O)(=O)O)c2)cc1.CCCCCCCCCc1ccc(Oc2cc([O-])cc(S(=O)(=O)[O-])c2)cc1.[Ca+2]. The topological polar surface area (TPSA) is 173 Å². The van der Waals surface area contributed by atoms with E-state index in [1.54, 1.807) is 12.1 Å². The number of unbranched alkanes of at least 4 members (excludes halogenated alkanes) is 12. The van der Waals surface area contributed by atoms with Gasteiger partial charge in [-0.2, -0.15) is 8.42 Å². The van der Waals surface area contributed by atoms with E-state index in [9.17, 15) is 31.6 Å². The number of benzene rings is 4. The van der Waals surface area contributed by atoms with Gasteiger partial charge in [-0.05, 0) is 73.2 Å². The maximum atomic E-state index is 11.5. The van der Waals surface area contributed by atoms with Crippen LogP contribution in [0.25, 0.3) is 0 Å². The summed E-state index contributed by atoms with van der Waals surface area (Å²) in [5, 5.41) is 21.2. The molecule has 0 bridgehead atoms. The number of aryl methyl sites for hydroxylation is 2. The molecular formula is C42H54CaO10S2. The Morgan fingerprint density at radius 2 is 0.927 bits per heavy atom. The van der Waals surface area contributed by atoms with Crippen molar-refractivity contribution in [1.82, 2.24) is 0 Å². The van der Waals surface area contributed by atoms with Gasteiger partial charge in [-0.25, -0.2) is 8.42 Å². The van der Waals surface area contributed by atoms with Crippen molar-refractivity contribution in [2.75, 3.05) is 0 Å². The number of ether oxygens (including phenoxy) is 2. The van der Waals surface area contributed by atoms with Gasteiger partial charge >= 0.3 is 37.7 Å². The predicted octanol–water partition coefficient (Wildman–Crippen LogP) is 10.1. The molecule has 4 rings (SSSR count). The zero-order valence-corrected chi connectivity index (χ0v) is 35.9. The fourth-order valence-corrected chi connectivity index (χ4v) is 6.86. The van der Waals surface area contributed by atoms with Crippen LogP contribution in [-0.2, 0) is 33.1 Å². The van der Waals surface area contributed by atoms with Crippen LogP contribution in [-0.4, -0.2) is 68.8 Å². The second kappa shape index (κ2) is 25.4. The summed E-state index contributed by atoms with van der Waals surface area (Å²) in [7, 11) is -9.10. The molecule has 0 aliphatic carbocycles. The van der Waals surface area contributed by atoms with E-state index in [4.69, 9.17) is 14.0 Å². The zero-order valence-electron chi connectivity index (χ0n) is 32.1. The molecule has 0 aromatic heterocycles. The van der Waals surface area contributed by atoms with Crippen molar-refractivity contribution >= 4 is 58.0 Å². The molecule has 2 N–H and O–H groups in total. The van der Waals surface area contributed by atoms with Crippen LogP contribution in [0, 0.1) is 0 Å². The Hall–Kier alpha value is -2.84. The molecule has 0 aliphatic heterocycles. The molecule has 0 heterocycles. The first kappa shape index (κ1) is 48.3. The molecule has 13 heteroatoms. The molecule has 0 atom stereocenters.